The lowest BCUT2D eigenvalue weighted by Crippen LogP contribution is -2.36. The Kier molecular flexibility index (Phi) is 4.01. The molecule has 6 nitrogen and oxygen atoms in total. The molecule has 0 radical (unpaired) electrons. The molecule has 1 aromatic carbocycles. The highest BCUT2D eigenvalue weighted by Crippen LogP contribution is 2.29. The molecule has 5 rings (SSSR count). The Hall–Kier alpha value is -3.41. The van der Waals surface area contributed by atoms with Gasteiger partial charge in [-0.1, -0.05) is 12.1 Å². The van der Waals surface area contributed by atoms with E-state index >= 15 is 0 Å². The standard InChI is InChI=1S/C23H23N5O/c1-15-7-4-10-21(25-15)28-23(29)22-17(3)27(16(2)20(22)14-24-28)19-9-5-8-18(13-19)26-11-6-12-26/h4-5,7-10,13-14H,6,11-12H2,1-3H3. The molecule has 29 heavy (non-hydrogen) atoms. The van der Waals surface area contributed by atoms with Crippen molar-refractivity contribution in [3.05, 3.63) is 76.1 Å². The second kappa shape index (κ2) is 6.58. The third-order valence-corrected chi connectivity index (χ3v) is 5.80. The molecule has 146 valence electrons. The van der Waals surface area contributed by atoms with E-state index in [1.54, 1.807) is 6.20 Å². The molecule has 0 unspecified atom stereocenters. The van der Waals surface area contributed by atoms with Gasteiger partial charge in [-0.15, -0.1) is 0 Å². The summed E-state index contributed by atoms with van der Waals surface area (Å²) in [6.07, 6.45) is 3.02. The van der Waals surface area contributed by atoms with Gasteiger partial charge in [0.15, 0.2) is 5.82 Å². The van der Waals surface area contributed by atoms with E-state index in [1.807, 2.05) is 39.0 Å². The molecular formula is C23H23N5O. The molecule has 0 bridgehead atoms. The maximum Gasteiger partial charge on any atom is 0.282 e. The molecule has 4 heterocycles. The van der Waals surface area contributed by atoms with Crippen LogP contribution in [0.25, 0.3) is 22.3 Å². The van der Waals surface area contributed by atoms with Gasteiger partial charge < -0.3 is 9.47 Å². The van der Waals surface area contributed by atoms with Gasteiger partial charge in [-0.3, -0.25) is 4.79 Å². The van der Waals surface area contributed by atoms with Gasteiger partial charge in [0.1, 0.15) is 0 Å². The van der Waals surface area contributed by atoms with Crippen LogP contribution in [0.2, 0.25) is 0 Å². The smallest absolute Gasteiger partial charge is 0.282 e. The number of aryl methyl sites for hydroxylation is 3. The number of pyridine rings is 1. The quantitative estimate of drug-likeness (QED) is 0.540. The molecule has 0 atom stereocenters. The lowest BCUT2D eigenvalue weighted by Gasteiger charge is -2.33. The van der Waals surface area contributed by atoms with Crippen molar-refractivity contribution in [3.8, 4) is 11.5 Å². The summed E-state index contributed by atoms with van der Waals surface area (Å²) in [5.41, 5.74) is 4.95. The Balaban J connectivity index is 1.71. The third kappa shape index (κ3) is 2.75. The van der Waals surface area contributed by atoms with Crippen molar-refractivity contribution < 1.29 is 0 Å². The first kappa shape index (κ1) is 17.7. The van der Waals surface area contributed by atoms with Crippen LogP contribution in [0.4, 0.5) is 5.69 Å². The van der Waals surface area contributed by atoms with Crippen molar-refractivity contribution in [3.63, 3.8) is 0 Å². The van der Waals surface area contributed by atoms with E-state index in [-0.39, 0.29) is 5.56 Å². The minimum Gasteiger partial charge on any atom is -0.371 e. The first-order chi connectivity index (χ1) is 14.0. The Bertz CT molecular complexity index is 1300. The van der Waals surface area contributed by atoms with E-state index in [2.05, 4.69) is 43.8 Å². The Labute approximate surface area is 169 Å². The molecule has 0 aliphatic carbocycles. The lowest BCUT2D eigenvalue weighted by molar-refractivity contribution is 0.617. The van der Waals surface area contributed by atoms with Crippen LogP contribution in [-0.2, 0) is 0 Å². The van der Waals surface area contributed by atoms with Gasteiger partial charge in [0, 0.05) is 46.9 Å². The van der Waals surface area contributed by atoms with Gasteiger partial charge in [-0.25, -0.2) is 4.98 Å². The zero-order valence-corrected chi connectivity index (χ0v) is 16.9. The number of benzene rings is 1. The highest BCUT2D eigenvalue weighted by Gasteiger charge is 2.20. The number of fused-ring (bicyclic) bond motifs is 1. The minimum atomic E-state index is -0.140. The van der Waals surface area contributed by atoms with Crippen molar-refractivity contribution >= 4 is 16.5 Å². The van der Waals surface area contributed by atoms with E-state index in [0.717, 1.165) is 41.2 Å². The molecule has 0 saturated carbocycles. The summed E-state index contributed by atoms with van der Waals surface area (Å²) >= 11 is 0. The monoisotopic (exact) mass is 385 g/mol. The third-order valence-electron chi connectivity index (χ3n) is 5.80. The SMILES string of the molecule is Cc1cccc(-n2ncc3c(C)n(-c4cccc(N5CCC5)c4)c(C)c3c2=O)n1. The number of aromatic nitrogens is 4. The number of nitrogens with zero attached hydrogens (tertiary/aromatic N) is 5. The summed E-state index contributed by atoms with van der Waals surface area (Å²) in [5, 5.41) is 5.99. The molecule has 0 N–H and O–H groups in total. The van der Waals surface area contributed by atoms with Gasteiger partial charge in [-0.05, 0) is 57.5 Å². The molecule has 1 aliphatic rings. The molecule has 3 aromatic heterocycles. The summed E-state index contributed by atoms with van der Waals surface area (Å²) < 4.78 is 3.55. The van der Waals surface area contributed by atoms with E-state index in [9.17, 15) is 4.79 Å². The predicted molar refractivity (Wildman–Crippen MR) is 116 cm³/mol. The Morgan fingerprint density at radius 1 is 0.931 bits per heavy atom. The van der Waals surface area contributed by atoms with Crippen molar-refractivity contribution in [2.45, 2.75) is 27.2 Å². The summed E-state index contributed by atoms with van der Waals surface area (Å²) in [6.45, 7) is 8.16. The van der Waals surface area contributed by atoms with E-state index < -0.39 is 0 Å². The molecule has 0 spiro atoms. The highest BCUT2D eigenvalue weighted by molar-refractivity contribution is 5.88. The van der Waals surface area contributed by atoms with E-state index in [0.29, 0.717) is 11.2 Å². The number of anilines is 1. The number of hydrogen-bond donors (Lipinski definition) is 0. The maximum atomic E-state index is 13.3. The molecule has 6 heteroatoms. The van der Waals surface area contributed by atoms with Gasteiger partial charge in [0.25, 0.3) is 5.56 Å². The zero-order valence-electron chi connectivity index (χ0n) is 16.9. The van der Waals surface area contributed by atoms with Crippen LogP contribution in [0.1, 0.15) is 23.5 Å². The average Bonchev–Trinajstić information content (AvgIpc) is 2.92. The van der Waals surface area contributed by atoms with Gasteiger partial charge in [-0.2, -0.15) is 9.78 Å². The Morgan fingerprint density at radius 2 is 1.69 bits per heavy atom. The summed E-state index contributed by atoms with van der Waals surface area (Å²) in [7, 11) is 0. The van der Waals surface area contributed by atoms with Crippen molar-refractivity contribution in [2.75, 3.05) is 18.0 Å². The second-order valence-corrected chi connectivity index (χ2v) is 7.65. The average molecular weight is 385 g/mol. The molecule has 1 fully saturated rings. The minimum absolute atomic E-state index is 0.140. The Morgan fingerprint density at radius 3 is 2.41 bits per heavy atom. The van der Waals surface area contributed by atoms with Crippen LogP contribution in [0.3, 0.4) is 0 Å². The number of hydrogen-bond acceptors (Lipinski definition) is 4. The fraction of sp³-hybridized carbons (Fsp3) is 0.261. The van der Waals surface area contributed by atoms with E-state index in [4.69, 9.17) is 0 Å². The van der Waals surface area contributed by atoms with Crippen molar-refractivity contribution in [1.82, 2.24) is 19.3 Å². The van der Waals surface area contributed by atoms with E-state index in [1.165, 1.54) is 16.8 Å². The molecule has 1 aliphatic heterocycles. The van der Waals surface area contributed by atoms with Gasteiger partial charge in [0.2, 0.25) is 0 Å². The van der Waals surface area contributed by atoms with Crippen LogP contribution < -0.4 is 10.5 Å². The number of rotatable bonds is 3. The second-order valence-electron chi connectivity index (χ2n) is 7.65. The van der Waals surface area contributed by atoms with Crippen molar-refractivity contribution in [1.29, 1.82) is 0 Å². The molecule has 0 amide bonds. The van der Waals surface area contributed by atoms with Gasteiger partial charge >= 0.3 is 0 Å². The molecule has 1 saturated heterocycles. The van der Waals surface area contributed by atoms with Crippen LogP contribution in [0, 0.1) is 20.8 Å². The molecular weight excluding hydrogens is 362 g/mol. The van der Waals surface area contributed by atoms with Crippen molar-refractivity contribution in [2.24, 2.45) is 0 Å². The fourth-order valence-corrected chi connectivity index (χ4v) is 4.16. The summed E-state index contributed by atoms with van der Waals surface area (Å²) in [4.78, 5) is 20.2. The van der Waals surface area contributed by atoms with Crippen LogP contribution in [0.5, 0.6) is 0 Å². The van der Waals surface area contributed by atoms with Crippen LogP contribution in [0.15, 0.2) is 53.5 Å². The zero-order chi connectivity index (χ0) is 20.1. The normalized spacial score (nSPS) is 13.7. The first-order valence-electron chi connectivity index (χ1n) is 9.94. The maximum absolute atomic E-state index is 13.3. The fourth-order valence-electron chi connectivity index (χ4n) is 4.16. The highest BCUT2D eigenvalue weighted by atomic mass is 16.1. The van der Waals surface area contributed by atoms with Gasteiger partial charge in [0.05, 0.1) is 11.6 Å². The predicted octanol–water partition coefficient (Wildman–Crippen LogP) is 3.71. The van der Waals surface area contributed by atoms with Crippen LogP contribution in [-0.4, -0.2) is 32.4 Å². The largest absolute Gasteiger partial charge is 0.371 e. The summed E-state index contributed by atoms with van der Waals surface area (Å²) in [5.74, 6) is 0.543. The lowest BCUT2D eigenvalue weighted by atomic mass is 10.1. The topological polar surface area (TPSA) is 56.0 Å². The van der Waals surface area contributed by atoms with Crippen LogP contribution >= 0.6 is 0 Å². The summed E-state index contributed by atoms with van der Waals surface area (Å²) in [6, 6.07) is 14.1. The first-order valence-corrected chi connectivity index (χ1v) is 9.94. The molecule has 4 aromatic rings.